The normalized spacial score (nSPS) is 12.3. The van der Waals surface area contributed by atoms with Crippen molar-refractivity contribution in [3.8, 4) is 0 Å². The standard InChI is InChI=1S/C36H44O3S2/c1-2-3-4-5-6-7-8-9-10-14-23-32-24-21-22-31-36(32)41(37,38)39-40(33-25-15-11-16-26-33,34-27-17-12-18-28-34)35-29-19-13-20-30-35/h11-13,15-22,24-31H,2-10,14,23H2,1H3. The van der Waals surface area contributed by atoms with Gasteiger partial charge in [-0.25, -0.2) is 3.63 Å². The zero-order valence-electron chi connectivity index (χ0n) is 24.3. The zero-order valence-corrected chi connectivity index (χ0v) is 25.9. The molecule has 4 rings (SSSR count). The molecule has 0 fully saturated rings. The summed E-state index contributed by atoms with van der Waals surface area (Å²) in [5.41, 5.74) is 0.828. The van der Waals surface area contributed by atoms with Crippen molar-refractivity contribution in [1.82, 2.24) is 0 Å². The van der Waals surface area contributed by atoms with Crippen LogP contribution in [0.15, 0.2) is 135 Å². The molecule has 0 saturated carbocycles. The Bertz CT molecular complexity index is 1310. The van der Waals surface area contributed by atoms with E-state index in [-0.39, 0.29) is 4.90 Å². The lowest BCUT2D eigenvalue weighted by atomic mass is 10.0. The van der Waals surface area contributed by atoms with E-state index in [1.165, 1.54) is 51.4 Å². The van der Waals surface area contributed by atoms with Crippen LogP contribution >= 0.6 is 10.3 Å². The van der Waals surface area contributed by atoms with Crippen LogP contribution in [0.3, 0.4) is 0 Å². The summed E-state index contributed by atoms with van der Waals surface area (Å²) >= 11 is 0. The molecule has 0 saturated heterocycles. The van der Waals surface area contributed by atoms with E-state index in [0.29, 0.717) is 0 Å². The van der Waals surface area contributed by atoms with Crippen molar-refractivity contribution in [1.29, 1.82) is 0 Å². The summed E-state index contributed by atoms with van der Waals surface area (Å²) in [6, 6.07) is 36.7. The highest BCUT2D eigenvalue weighted by atomic mass is 32.3. The van der Waals surface area contributed by atoms with Crippen LogP contribution in [-0.2, 0) is 20.2 Å². The number of unbranched alkanes of at least 4 members (excludes halogenated alkanes) is 9. The van der Waals surface area contributed by atoms with E-state index in [1.807, 2.05) is 103 Å². The highest BCUT2D eigenvalue weighted by molar-refractivity contribution is 8.33. The third kappa shape index (κ3) is 8.34. The van der Waals surface area contributed by atoms with Gasteiger partial charge in [0.05, 0.1) is 4.90 Å². The van der Waals surface area contributed by atoms with Gasteiger partial charge < -0.3 is 0 Å². The van der Waals surface area contributed by atoms with Gasteiger partial charge in [0.2, 0.25) is 0 Å². The average molecular weight is 589 g/mol. The summed E-state index contributed by atoms with van der Waals surface area (Å²) in [5.74, 6) is 0. The number of benzene rings is 4. The molecule has 0 spiro atoms. The van der Waals surface area contributed by atoms with E-state index in [9.17, 15) is 8.42 Å². The fourth-order valence-corrected chi connectivity index (χ4v) is 10.8. The van der Waals surface area contributed by atoms with E-state index in [2.05, 4.69) is 6.92 Å². The predicted octanol–water partition coefficient (Wildman–Crippen LogP) is 10.8. The lowest BCUT2D eigenvalue weighted by molar-refractivity contribution is 0.506. The van der Waals surface area contributed by atoms with E-state index >= 15 is 0 Å². The van der Waals surface area contributed by atoms with Gasteiger partial charge in [0.15, 0.2) is 0 Å². The molecule has 4 aromatic carbocycles. The van der Waals surface area contributed by atoms with Gasteiger partial charge in [-0.2, -0.15) is 8.42 Å². The molecule has 0 bridgehead atoms. The highest BCUT2D eigenvalue weighted by Gasteiger charge is 2.38. The van der Waals surface area contributed by atoms with Gasteiger partial charge in [-0.3, -0.25) is 0 Å². The van der Waals surface area contributed by atoms with Crippen LogP contribution < -0.4 is 0 Å². The van der Waals surface area contributed by atoms with E-state index in [0.717, 1.165) is 39.5 Å². The third-order valence-electron chi connectivity index (χ3n) is 7.46. The van der Waals surface area contributed by atoms with Gasteiger partial charge in [0, 0.05) is 14.7 Å². The SMILES string of the molecule is CCCCCCCCCCCCc1ccccc1S(=O)(=O)OS(c1ccccc1)(c1ccccc1)c1ccccc1. The molecule has 0 atom stereocenters. The summed E-state index contributed by atoms with van der Waals surface area (Å²) in [7, 11) is -6.71. The summed E-state index contributed by atoms with van der Waals surface area (Å²) in [6.07, 6.45) is 13.2. The monoisotopic (exact) mass is 588 g/mol. The molecule has 0 aliphatic heterocycles. The molecule has 0 unspecified atom stereocenters. The molecular formula is C36H44O3S2. The Morgan fingerprint density at radius 3 is 1.34 bits per heavy atom. The fourth-order valence-electron chi connectivity index (χ4n) is 5.29. The first-order valence-corrected chi connectivity index (χ1v) is 18.1. The summed E-state index contributed by atoms with van der Waals surface area (Å²) in [6.45, 7) is 2.25. The molecule has 0 aromatic heterocycles. The first kappa shape index (κ1) is 31.1. The van der Waals surface area contributed by atoms with Crippen molar-refractivity contribution in [3.63, 3.8) is 0 Å². The van der Waals surface area contributed by atoms with Crippen molar-refractivity contribution >= 4 is 20.4 Å². The lowest BCUT2D eigenvalue weighted by Gasteiger charge is -2.39. The van der Waals surface area contributed by atoms with Crippen LogP contribution in [0.25, 0.3) is 0 Å². The van der Waals surface area contributed by atoms with Crippen LogP contribution in [-0.4, -0.2) is 8.42 Å². The minimum Gasteiger partial charge on any atom is -0.203 e. The molecule has 0 N–H and O–H groups in total. The van der Waals surface area contributed by atoms with Gasteiger partial charge in [-0.15, -0.1) is 0 Å². The third-order valence-corrected chi connectivity index (χ3v) is 12.7. The van der Waals surface area contributed by atoms with Crippen LogP contribution in [0.1, 0.15) is 76.7 Å². The second-order valence-electron chi connectivity index (χ2n) is 10.6. The summed E-state index contributed by atoms with van der Waals surface area (Å²) < 4.78 is 35.1. The smallest absolute Gasteiger partial charge is 0.203 e. The number of rotatable bonds is 17. The minimum atomic E-state index is -4.12. The summed E-state index contributed by atoms with van der Waals surface area (Å²) in [4.78, 5) is 2.80. The lowest BCUT2D eigenvalue weighted by Crippen LogP contribution is -2.15. The maximum absolute atomic E-state index is 14.3. The molecule has 218 valence electrons. The average Bonchev–Trinajstić information content (AvgIpc) is 3.02. The maximum Gasteiger partial charge on any atom is 0.307 e. The molecule has 5 heteroatoms. The van der Waals surface area contributed by atoms with E-state index < -0.39 is 20.4 Å². The van der Waals surface area contributed by atoms with Crippen LogP contribution in [0.5, 0.6) is 0 Å². The van der Waals surface area contributed by atoms with Gasteiger partial charge in [-0.1, -0.05) is 138 Å². The van der Waals surface area contributed by atoms with Crippen LogP contribution in [0, 0.1) is 0 Å². The quantitative estimate of drug-likeness (QED) is 0.115. The molecule has 0 aliphatic rings. The highest BCUT2D eigenvalue weighted by Crippen LogP contribution is 2.70. The summed E-state index contributed by atoms with van der Waals surface area (Å²) in [5, 5.41) is 0. The van der Waals surface area contributed by atoms with Crippen LogP contribution in [0.2, 0.25) is 0 Å². The fraction of sp³-hybridized carbons (Fsp3) is 0.333. The Hall–Kier alpha value is -2.86. The predicted molar refractivity (Wildman–Crippen MR) is 172 cm³/mol. The molecule has 0 aliphatic carbocycles. The molecule has 0 radical (unpaired) electrons. The van der Waals surface area contributed by atoms with E-state index in [1.54, 1.807) is 12.1 Å². The van der Waals surface area contributed by atoms with Gasteiger partial charge >= 0.3 is 10.1 Å². The van der Waals surface area contributed by atoms with Crippen LogP contribution in [0.4, 0.5) is 0 Å². The van der Waals surface area contributed by atoms with Gasteiger partial charge in [0.25, 0.3) is 0 Å². The van der Waals surface area contributed by atoms with Gasteiger partial charge in [0.1, 0.15) is 0 Å². The zero-order chi connectivity index (χ0) is 28.8. The Kier molecular flexibility index (Phi) is 12.1. The molecular weight excluding hydrogens is 545 g/mol. The minimum absolute atomic E-state index is 0.274. The number of hydrogen-bond acceptors (Lipinski definition) is 3. The van der Waals surface area contributed by atoms with Crippen molar-refractivity contribution in [2.24, 2.45) is 0 Å². The molecule has 0 amide bonds. The first-order chi connectivity index (χ1) is 20.1. The molecule has 3 nitrogen and oxygen atoms in total. The molecule has 4 aromatic rings. The van der Waals surface area contributed by atoms with Crippen molar-refractivity contribution in [3.05, 3.63) is 121 Å². The van der Waals surface area contributed by atoms with Crippen molar-refractivity contribution in [2.75, 3.05) is 0 Å². The van der Waals surface area contributed by atoms with Crippen molar-refractivity contribution in [2.45, 2.75) is 97.1 Å². The number of hydrogen-bond donors (Lipinski definition) is 0. The maximum atomic E-state index is 14.3. The molecule has 41 heavy (non-hydrogen) atoms. The molecule has 0 heterocycles. The topological polar surface area (TPSA) is 43.4 Å². The largest absolute Gasteiger partial charge is 0.307 e. The second kappa shape index (κ2) is 16.0. The second-order valence-corrected chi connectivity index (χ2v) is 15.0. The Balaban J connectivity index is 1.57. The Morgan fingerprint density at radius 1 is 0.488 bits per heavy atom. The van der Waals surface area contributed by atoms with Gasteiger partial charge in [-0.05, 0) is 71.2 Å². The Morgan fingerprint density at radius 2 is 0.878 bits per heavy atom. The van der Waals surface area contributed by atoms with Crippen molar-refractivity contribution < 1.29 is 12.0 Å². The number of aryl methyl sites for hydroxylation is 1. The van der Waals surface area contributed by atoms with E-state index in [4.69, 9.17) is 3.63 Å². The first-order valence-electron chi connectivity index (χ1n) is 15.1. The Labute approximate surface area is 249 Å².